The summed E-state index contributed by atoms with van der Waals surface area (Å²) in [5.41, 5.74) is 4.29. The zero-order valence-electron chi connectivity index (χ0n) is 19.9. The molecule has 2 unspecified atom stereocenters. The minimum Gasteiger partial charge on any atom is -0.486 e. The summed E-state index contributed by atoms with van der Waals surface area (Å²) in [6, 6.07) is 13.4. The molecule has 34 heavy (non-hydrogen) atoms. The molecule has 0 bridgehead atoms. The molecule has 0 radical (unpaired) electrons. The molecule has 1 heterocycles. The number of nitrogens with zero attached hydrogens (tertiary/aromatic N) is 1. The third-order valence-electron chi connectivity index (χ3n) is 6.13. The van der Waals surface area contributed by atoms with E-state index in [1.807, 2.05) is 57.2 Å². The second-order valence-corrected chi connectivity index (χ2v) is 9.94. The fourth-order valence-electron chi connectivity index (χ4n) is 4.44. The Kier molecular flexibility index (Phi) is 7.63. The van der Waals surface area contributed by atoms with Crippen molar-refractivity contribution in [3.63, 3.8) is 0 Å². The number of aryl methyl sites for hydroxylation is 3. The lowest BCUT2D eigenvalue weighted by atomic mass is 9.89. The number of thiazole rings is 1. The molecule has 6 nitrogen and oxygen atoms in total. The van der Waals surface area contributed by atoms with Crippen molar-refractivity contribution in [3.8, 4) is 5.75 Å². The zero-order chi connectivity index (χ0) is 24.1. The first-order valence-corrected chi connectivity index (χ1v) is 12.6. The number of nitrogens with one attached hydrogen (secondary N) is 2. The number of rotatable bonds is 7. The lowest BCUT2D eigenvalue weighted by Gasteiger charge is -2.32. The molecule has 2 aromatic carbocycles. The van der Waals surface area contributed by atoms with Crippen LogP contribution in [0.2, 0.25) is 0 Å². The van der Waals surface area contributed by atoms with Crippen molar-refractivity contribution in [2.24, 2.45) is 0 Å². The highest BCUT2D eigenvalue weighted by Crippen LogP contribution is 2.22. The number of benzene rings is 2. The van der Waals surface area contributed by atoms with Crippen molar-refractivity contribution >= 4 is 23.2 Å². The van der Waals surface area contributed by atoms with E-state index in [9.17, 15) is 9.59 Å². The van der Waals surface area contributed by atoms with Crippen LogP contribution in [-0.4, -0.2) is 28.9 Å². The van der Waals surface area contributed by atoms with E-state index in [4.69, 9.17) is 4.74 Å². The van der Waals surface area contributed by atoms with Gasteiger partial charge in [0.15, 0.2) is 0 Å². The van der Waals surface area contributed by atoms with E-state index in [-0.39, 0.29) is 23.9 Å². The molecular formula is C27H31N3O3S. The second-order valence-electron chi connectivity index (χ2n) is 9.00. The molecule has 3 aromatic rings. The van der Waals surface area contributed by atoms with Gasteiger partial charge >= 0.3 is 0 Å². The highest BCUT2D eigenvalue weighted by Gasteiger charge is 2.29. The molecule has 1 aliphatic rings. The predicted octanol–water partition coefficient (Wildman–Crippen LogP) is 5.12. The van der Waals surface area contributed by atoms with Crippen molar-refractivity contribution < 1.29 is 14.3 Å². The number of carbonyl (C=O) groups is 2. The van der Waals surface area contributed by atoms with Crippen molar-refractivity contribution in [3.05, 3.63) is 80.8 Å². The SMILES string of the molecule is Cc1cc(C)cc(OCc2nc(C(=O)NC3CCCCC3NC(=O)c3ccccc3C)cs2)c1. The van der Waals surface area contributed by atoms with Gasteiger partial charge in [-0.2, -0.15) is 0 Å². The number of carbonyl (C=O) groups excluding carboxylic acids is 2. The first-order valence-electron chi connectivity index (χ1n) is 11.7. The standard InChI is InChI=1S/C27H31N3O3S/c1-17-12-18(2)14-20(13-17)33-15-25-28-24(16-34-25)27(32)30-23-11-7-6-10-22(23)29-26(31)21-9-5-4-8-19(21)3/h4-5,8-9,12-14,16,22-23H,6-7,10-11,15H2,1-3H3,(H,29,31)(H,30,32). The van der Waals surface area contributed by atoms with Crippen molar-refractivity contribution in [1.82, 2.24) is 15.6 Å². The minimum atomic E-state index is -0.212. The summed E-state index contributed by atoms with van der Waals surface area (Å²) in [6.45, 7) is 6.32. The maximum atomic E-state index is 12.9. The van der Waals surface area contributed by atoms with Gasteiger partial charge in [0.05, 0.1) is 0 Å². The Morgan fingerprint density at radius 1 is 0.971 bits per heavy atom. The first-order chi connectivity index (χ1) is 16.4. The number of ether oxygens (including phenoxy) is 1. The summed E-state index contributed by atoms with van der Waals surface area (Å²) in [5, 5.41) is 8.76. The number of hydrogen-bond donors (Lipinski definition) is 2. The monoisotopic (exact) mass is 477 g/mol. The van der Waals surface area contributed by atoms with Crippen LogP contribution in [0.1, 0.15) is 68.2 Å². The van der Waals surface area contributed by atoms with Crippen LogP contribution in [0.5, 0.6) is 5.75 Å². The van der Waals surface area contributed by atoms with Crippen LogP contribution in [0.15, 0.2) is 47.8 Å². The Morgan fingerprint density at radius 3 is 2.29 bits per heavy atom. The van der Waals surface area contributed by atoms with Gasteiger partial charge in [-0.15, -0.1) is 11.3 Å². The normalized spacial score (nSPS) is 17.7. The topological polar surface area (TPSA) is 80.3 Å². The number of amides is 2. The molecule has 4 rings (SSSR count). The van der Waals surface area contributed by atoms with E-state index < -0.39 is 0 Å². The number of hydrogen-bond acceptors (Lipinski definition) is 5. The van der Waals surface area contributed by atoms with Crippen LogP contribution in [0.25, 0.3) is 0 Å². The van der Waals surface area contributed by atoms with Crippen LogP contribution in [-0.2, 0) is 6.61 Å². The summed E-state index contributed by atoms with van der Waals surface area (Å²) in [4.78, 5) is 30.2. The first kappa shape index (κ1) is 24.0. The summed E-state index contributed by atoms with van der Waals surface area (Å²) >= 11 is 1.41. The lowest BCUT2D eigenvalue weighted by molar-refractivity contribution is 0.0860. The third kappa shape index (κ3) is 6.03. The molecule has 0 saturated heterocycles. The molecule has 1 aliphatic carbocycles. The summed E-state index contributed by atoms with van der Waals surface area (Å²) in [7, 11) is 0. The molecule has 2 amide bonds. The van der Waals surface area contributed by atoms with Gasteiger partial charge < -0.3 is 15.4 Å². The van der Waals surface area contributed by atoms with E-state index in [1.54, 1.807) is 5.38 Å². The third-order valence-corrected chi connectivity index (χ3v) is 6.95. The summed E-state index contributed by atoms with van der Waals surface area (Å²) in [5.74, 6) is 0.493. The summed E-state index contributed by atoms with van der Waals surface area (Å²) < 4.78 is 5.88. The lowest BCUT2D eigenvalue weighted by Crippen LogP contribution is -2.53. The highest BCUT2D eigenvalue weighted by atomic mass is 32.1. The van der Waals surface area contributed by atoms with E-state index in [2.05, 4.69) is 21.7 Å². The van der Waals surface area contributed by atoms with Gasteiger partial charge in [0.2, 0.25) is 0 Å². The average Bonchev–Trinajstić information content (AvgIpc) is 3.28. The Labute approximate surface area is 204 Å². The number of aromatic nitrogens is 1. The van der Waals surface area contributed by atoms with Gasteiger partial charge in [-0.05, 0) is 68.5 Å². The molecule has 178 valence electrons. The van der Waals surface area contributed by atoms with Gasteiger partial charge in [0.1, 0.15) is 23.1 Å². The van der Waals surface area contributed by atoms with E-state index in [1.165, 1.54) is 11.3 Å². The van der Waals surface area contributed by atoms with Gasteiger partial charge in [0, 0.05) is 23.0 Å². The smallest absolute Gasteiger partial charge is 0.271 e. The molecule has 0 spiro atoms. The van der Waals surface area contributed by atoms with E-state index in [0.29, 0.717) is 17.9 Å². The minimum absolute atomic E-state index is 0.0938. The van der Waals surface area contributed by atoms with E-state index >= 15 is 0 Å². The molecule has 2 atom stereocenters. The highest BCUT2D eigenvalue weighted by molar-refractivity contribution is 7.09. The van der Waals surface area contributed by atoms with Crippen molar-refractivity contribution in [2.45, 2.75) is 65.1 Å². The van der Waals surface area contributed by atoms with Crippen LogP contribution in [0.3, 0.4) is 0 Å². The Bertz CT molecular complexity index is 1150. The molecule has 7 heteroatoms. The maximum absolute atomic E-state index is 12.9. The molecule has 1 saturated carbocycles. The fourth-order valence-corrected chi connectivity index (χ4v) is 5.12. The van der Waals surface area contributed by atoms with Gasteiger partial charge in [-0.1, -0.05) is 37.1 Å². The fraction of sp³-hybridized carbons (Fsp3) is 0.370. The van der Waals surface area contributed by atoms with Gasteiger partial charge in [-0.3, -0.25) is 9.59 Å². The van der Waals surface area contributed by atoms with E-state index in [0.717, 1.165) is 53.1 Å². The molecular weight excluding hydrogens is 446 g/mol. The Hall–Kier alpha value is -3.19. The van der Waals surface area contributed by atoms with Crippen molar-refractivity contribution in [2.75, 3.05) is 0 Å². The van der Waals surface area contributed by atoms with Crippen LogP contribution < -0.4 is 15.4 Å². The summed E-state index contributed by atoms with van der Waals surface area (Å²) in [6.07, 6.45) is 3.72. The van der Waals surface area contributed by atoms with Crippen LogP contribution in [0.4, 0.5) is 0 Å². The zero-order valence-corrected chi connectivity index (χ0v) is 20.7. The van der Waals surface area contributed by atoms with Crippen LogP contribution in [0, 0.1) is 20.8 Å². The Balaban J connectivity index is 1.36. The molecule has 2 N–H and O–H groups in total. The maximum Gasteiger partial charge on any atom is 0.271 e. The average molecular weight is 478 g/mol. The molecule has 1 fully saturated rings. The quantitative estimate of drug-likeness (QED) is 0.495. The molecule has 1 aromatic heterocycles. The van der Waals surface area contributed by atoms with Gasteiger partial charge in [-0.25, -0.2) is 4.98 Å². The van der Waals surface area contributed by atoms with Crippen molar-refractivity contribution in [1.29, 1.82) is 0 Å². The van der Waals surface area contributed by atoms with Crippen LogP contribution >= 0.6 is 11.3 Å². The van der Waals surface area contributed by atoms with Gasteiger partial charge in [0.25, 0.3) is 11.8 Å². The molecule has 0 aliphatic heterocycles. The largest absolute Gasteiger partial charge is 0.486 e. The predicted molar refractivity (Wildman–Crippen MR) is 135 cm³/mol. The Morgan fingerprint density at radius 2 is 1.62 bits per heavy atom. The second kappa shape index (κ2) is 10.8.